The summed E-state index contributed by atoms with van der Waals surface area (Å²) >= 11 is 0. The Kier molecular flexibility index (Phi) is 18.9. The molecule has 2 aliphatic heterocycles. The molecule has 4 N–H and O–H groups in total. The smallest absolute Gasteiger partial charge is 0.308 e. The molecule has 8 rings (SSSR count). The topological polar surface area (TPSA) is 178 Å². The molecule has 0 unspecified atom stereocenters. The Balaban J connectivity index is 0.000000216. The third-order valence-electron chi connectivity index (χ3n) is 13.2. The number of aliphatic hydroxyl groups is 4. The Hall–Kier alpha value is -6.84. The first-order chi connectivity index (χ1) is 35.6. The fourth-order valence-corrected chi connectivity index (χ4v) is 9.65. The predicted molar refractivity (Wildman–Crippen MR) is 281 cm³/mol. The molecule has 0 spiro atoms. The second kappa shape index (κ2) is 25.4. The summed E-state index contributed by atoms with van der Waals surface area (Å²) in [6.07, 6.45) is 1.39. The number of hydrogen-bond donors (Lipinski definition) is 4. The number of para-hydroxylation sites is 2. The zero-order chi connectivity index (χ0) is 53.1. The van der Waals surface area contributed by atoms with Crippen LogP contribution in [0.2, 0.25) is 0 Å². The number of pyridine rings is 2. The van der Waals surface area contributed by atoms with E-state index in [4.69, 9.17) is 19.4 Å². The molecule has 0 saturated carbocycles. The van der Waals surface area contributed by atoms with Crippen LogP contribution in [-0.4, -0.2) is 94.2 Å². The van der Waals surface area contributed by atoms with Gasteiger partial charge in [0.25, 0.3) is 0 Å². The molecule has 0 fully saturated rings. The van der Waals surface area contributed by atoms with Crippen molar-refractivity contribution in [1.82, 2.24) is 9.97 Å². The number of aliphatic hydroxyl groups excluding tert-OH is 4. The standard InChI is InChI=1S/C30H34FNO5.C30H32FNO5/c2*1-18(2)29-24(13-12-21(33)16-22(34)17-27(35)36-3)28(19-8-10-20(31)11-9-19)25-14-15-37-26-7-5-4-6-23(26)30(25)32-29/h4-11,18,21-22,33-34H,12-17H2,1-3H3;4-13,18,21-22,33-34H,14-17H2,1-3H3/b;13-12+/t2*21-,22-/m11/s1. The van der Waals surface area contributed by atoms with Crippen LogP contribution >= 0.6 is 0 Å². The predicted octanol–water partition coefficient (Wildman–Crippen LogP) is 10.5. The maximum Gasteiger partial charge on any atom is 0.308 e. The third kappa shape index (κ3) is 13.5. The van der Waals surface area contributed by atoms with Crippen molar-refractivity contribution in [2.24, 2.45) is 0 Å². The first kappa shape index (κ1) is 54.9. The van der Waals surface area contributed by atoms with Gasteiger partial charge in [-0.05, 0) is 119 Å². The molecule has 0 aliphatic carbocycles. The highest BCUT2D eigenvalue weighted by molar-refractivity contribution is 5.87. The molecule has 0 amide bonds. The van der Waals surface area contributed by atoms with Gasteiger partial charge in [0.05, 0.1) is 81.8 Å². The minimum atomic E-state index is -1.04. The van der Waals surface area contributed by atoms with Gasteiger partial charge in [-0.1, -0.05) is 88.4 Å². The van der Waals surface area contributed by atoms with Gasteiger partial charge in [0, 0.05) is 41.6 Å². The Morgan fingerprint density at radius 3 is 1.58 bits per heavy atom. The summed E-state index contributed by atoms with van der Waals surface area (Å²) in [5.41, 5.74) is 12.8. The molecule has 4 atom stereocenters. The highest BCUT2D eigenvalue weighted by Gasteiger charge is 2.29. The molecule has 0 bridgehead atoms. The molecule has 0 saturated heterocycles. The molecule has 2 aromatic heterocycles. The molecule has 390 valence electrons. The maximum atomic E-state index is 13.9. The van der Waals surface area contributed by atoms with Gasteiger partial charge in [0.15, 0.2) is 0 Å². The number of benzene rings is 4. The van der Waals surface area contributed by atoms with Crippen LogP contribution in [0.4, 0.5) is 8.78 Å². The number of halogens is 2. The Labute approximate surface area is 431 Å². The molecule has 14 heteroatoms. The molecule has 4 heterocycles. The van der Waals surface area contributed by atoms with Gasteiger partial charge < -0.3 is 39.4 Å². The number of fused-ring (bicyclic) bond motifs is 6. The lowest BCUT2D eigenvalue weighted by Gasteiger charge is -2.24. The van der Waals surface area contributed by atoms with Crippen molar-refractivity contribution in [3.63, 3.8) is 0 Å². The lowest BCUT2D eigenvalue weighted by atomic mass is 9.84. The van der Waals surface area contributed by atoms with Gasteiger partial charge >= 0.3 is 11.9 Å². The average Bonchev–Trinajstić information content (AvgIpc) is 3.69. The first-order valence-electron chi connectivity index (χ1n) is 25.2. The van der Waals surface area contributed by atoms with Crippen molar-refractivity contribution in [2.45, 2.75) is 115 Å². The highest BCUT2D eigenvalue weighted by Crippen LogP contribution is 2.45. The summed E-state index contributed by atoms with van der Waals surface area (Å²) in [6.45, 7) is 9.23. The second-order valence-corrected chi connectivity index (χ2v) is 19.3. The van der Waals surface area contributed by atoms with Gasteiger partial charge in [-0.2, -0.15) is 0 Å². The largest absolute Gasteiger partial charge is 0.493 e. The van der Waals surface area contributed by atoms with E-state index in [1.807, 2.05) is 54.6 Å². The van der Waals surface area contributed by atoms with Crippen molar-refractivity contribution >= 4 is 18.0 Å². The lowest BCUT2D eigenvalue weighted by molar-refractivity contribution is -0.144. The Bertz CT molecular complexity index is 2920. The van der Waals surface area contributed by atoms with Gasteiger partial charge in [-0.15, -0.1) is 0 Å². The molecular weight excluding hydrogens is 947 g/mol. The minimum Gasteiger partial charge on any atom is -0.493 e. The van der Waals surface area contributed by atoms with E-state index in [0.717, 1.165) is 89.9 Å². The second-order valence-electron chi connectivity index (χ2n) is 19.3. The van der Waals surface area contributed by atoms with Crippen LogP contribution in [0.15, 0.2) is 103 Å². The van der Waals surface area contributed by atoms with E-state index in [-0.39, 0.29) is 49.2 Å². The highest BCUT2D eigenvalue weighted by atomic mass is 19.1. The Morgan fingerprint density at radius 2 is 1.08 bits per heavy atom. The van der Waals surface area contributed by atoms with E-state index >= 15 is 0 Å². The monoisotopic (exact) mass is 1010 g/mol. The lowest BCUT2D eigenvalue weighted by Crippen LogP contribution is -2.22. The fraction of sp³-hybridized carbons (Fsp3) is 0.367. The molecule has 2 aliphatic rings. The number of esters is 2. The third-order valence-corrected chi connectivity index (χ3v) is 13.2. The van der Waals surface area contributed by atoms with Gasteiger partial charge in [0.1, 0.15) is 23.1 Å². The fourth-order valence-electron chi connectivity index (χ4n) is 9.65. The molecule has 4 aromatic carbocycles. The molecule has 12 nitrogen and oxygen atoms in total. The zero-order valence-electron chi connectivity index (χ0n) is 42.8. The van der Waals surface area contributed by atoms with Crippen LogP contribution in [-0.2, 0) is 38.3 Å². The summed E-state index contributed by atoms with van der Waals surface area (Å²) in [5.74, 6) is 0.00943. The van der Waals surface area contributed by atoms with Gasteiger partial charge in [0.2, 0.25) is 0 Å². The summed E-state index contributed by atoms with van der Waals surface area (Å²) < 4.78 is 49.0. The average molecular weight is 1010 g/mol. The summed E-state index contributed by atoms with van der Waals surface area (Å²) in [6, 6.07) is 28.5. The van der Waals surface area contributed by atoms with Crippen LogP contribution in [0.1, 0.15) is 105 Å². The van der Waals surface area contributed by atoms with Gasteiger partial charge in [-0.3, -0.25) is 19.6 Å². The number of carbonyl (C=O) groups is 2. The van der Waals surface area contributed by atoms with E-state index in [1.54, 1.807) is 30.3 Å². The van der Waals surface area contributed by atoms with Crippen molar-refractivity contribution < 1.29 is 57.7 Å². The van der Waals surface area contributed by atoms with Crippen molar-refractivity contribution in [2.75, 3.05) is 27.4 Å². The number of methoxy groups -OCH3 is 2. The van der Waals surface area contributed by atoms with Crippen LogP contribution in [0.3, 0.4) is 0 Å². The zero-order valence-corrected chi connectivity index (χ0v) is 42.8. The van der Waals surface area contributed by atoms with Crippen LogP contribution in [0.5, 0.6) is 11.5 Å². The van der Waals surface area contributed by atoms with Crippen molar-refractivity contribution in [3.8, 4) is 56.3 Å². The number of nitrogens with zero attached hydrogens (tertiary/aromatic N) is 2. The van der Waals surface area contributed by atoms with Crippen molar-refractivity contribution in [3.05, 3.63) is 148 Å². The SMILES string of the molecule is COC(=O)C[C@H](O)C[C@H](O)/C=C/c1c(C(C)C)nc2c(c1-c1ccc(F)cc1)CCOc1ccccc1-2.COC(=O)C[C@H](O)C[C@H](O)CCc1c(C(C)C)nc2c(c1-c1ccc(F)cc1)CCOc1ccccc1-2. The van der Waals surface area contributed by atoms with Crippen LogP contribution in [0.25, 0.3) is 50.8 Å². The van der Waals surface area contributed by atoms with Crippen LogP contribution < -0.4 is 9.47 Å². The number of aromatic nitrogens is 2. The van der Waals surface area contributed by atoms with Gasteiger partial charge in [-0.25, -0.2) is 8.78 Å². The summed E-state index contributed by atoms with van der Waals surface area (Å²) in [7, 11) is 2.52. The number of carbonyl (C=O) groups excluding carboxylic acids is 2. The first-order valence-corrected chi connectivity index (χ1v) is 25.2. The quantitative estimate of drug-likeness (QED) is 0.0637. The molecule has 0 radical (unpaired) electrons. The Morgan fingerprint density at radius 1 is 0.622 bits per heavy atom. The number of hydrogen-bond acceptors (Lipinski definition) is 12. The minimum absolute atomic E-state index is 0.0198. The van der Waals surface area contributed by atoms with E-state index < -0.39 is 36.4 Å². The summed E-state index contributed by atoms with van der Waals surface area (Å²) in [4.78, 5) is 33.2. The van der Waals surface area contributed by atoms with Crippen LogP contribution in [0, 0.1) is 11.6 Å². The van der Waals surface area contributed by atoms with E-state index in [1.165, 1.54) is 38.5 Å². The molecular formula is C60H66F2N2O10. The summed E-state index contributed by atoms with van der Waals surface area (Å²) in [5, 5.41) is 41.6. The van der Waals surface area contributed by atoms with E-state index in [9.17, 15) is 38.8 Å². The number of rotatable bonds is 17. The number of ether oxygens (including phenoxy) is 4. The van der Waals surface area contributed by atoms with Crippen molar-refractivity contribution in [1.29, 1.82) is 0 Å². The maximum absolute atomic E-state index is 13.9. The van der Waals surface area contributed by atoms with E-state index in [2.05, 4.69) is 37.2 Å². The molecule has 6 aromatic rings. The van der Waals surface area contributed by atoms with E-state index in [0.29, 0.717) is 38.9 Å². The normalized spacial score (nSPS) is 14.4. The molecule has 74 heavy (non-hydrogen) atoms.